The van der Waals surface area contributed by atoms with Gasteiger partial charge in [0.2, 0.25) is 11.8 Å². The first-order valence-electron chi connectivity index (χ1n) is 11.7. The van der Waals surface area contributed by atoms with E-state index in [2.05, 4.69) is 20.2 Å². The predicted molar refractivity (Wildman–Crippen MR) is 132 cm³/mol. The molecule has 0 saturated carbocycles. The number of nitrogens with one attached hydrogen (secondary N) is 1. The van der Waals surface area contributed by atoms with Gasteiger partial charge >= 0.3 is 5.13 Å². The second-order valence-corrected chi connectivity index (χ2v) is 9.75. The largest absolute Gasteiger partial charge is 0.481 e. The molecule has 2 aliphatic rings. The van der Waals surface area contributed by atoms with Gasteiger partial charge in [0.1, 0.15) is 22.3 Å². The number of piperidine rings is 1. The Hall–Kier alpha value is -4.31. The SMILES string of the molecule is [C-]#[N+]c1ncc(C(=O)N2CCN(C(=O)COc3cccc4c(C5CCC(=O)NC5=O)nn(C)c34)CC2)s1. The number of nitrogens with zero attached hydrogens (tertiary/aromatic N) is 6. The minimum absolute atomic E-state index is 0.185. The molecule has 4 amide bonds. The zero-order valence-electron chi connectivity index (χ0n) is 20.0. The minimum Gasteiger partial charge on any atom is -0.481 e. The Morgan fingerprint density at radius 2 is 1.97 bits per heavy atom. The zero-order chi connectivity index (χ0) is 26.1. The monoisotopic (exact) mass is 521 g/mol. The molecule has 0 radical (unpaired) electrons. The molecule has 37 heavy (non-hydrogen) atoms. The lowest BCUT2D eigenvalue weighted by atomic mass is 9.93. The first-order chi connectivity index (χ1) is 17.9. The standard InChI is InChI=1S/C24H23N7O5S/c1-25-24-26-12-17(37-24)23(35)31-10-8-30(9-11-31)19(33)13-36-16-5-3-4-14-20(28-29(2)21(14)16)15-6-7-18(32)27-22(15)34/h3-5,12,15H,6-11,13H2,2H3,(H,27,32,34). The molecular formula is C24H23N7O5S. The summed E-state index contributed by atoms with van der Waals surface area (Å²) in [6.07, 6.45) is 2.05. The molecule has 190 valence electrons. The van der Waals surface area contributed by atoms with Crippen molar-refractivity contribution in [2.75, 3.05) is 32.8 Å². The Labute approximate surface area is 215 Å². The molecule has 2 fully saturated rings. The molecule has 1 atom stereocenters. The van der Waals surface area contributed by atoms with Crippen LogP contribution >= 0.6 is 11.3 Å². The Kier molecular flexibility index (Phi) is 6.58. The Bertz CT molecular complexity index is 1450. The van der Waals surface area contributed by atoms with Crippen LogP contribution < -0.4 is 10.1 Å². The Morgan fingerprint density at radius 3 is 2.68 bits per heavy atom. The normalized spacial score (nSPS) is 18.0. The highest BCUT2D eigenvalue weighted by Gasteiger charge is 2.32. The number of thiazole rings is 1. The van der Waals surface area contributed by atoms with Crippen LogP contribution in [0.5, 0.6) is 5.75 Å². The number of carbonyl (C=O) groups excluding carboxylic acids is 4. The van der Waals surface area contributed by atoms with Crippen LogP contribution in [0.3, 0.4) is 0 Å². The molecule has 2 saturated heterocycles. The van der Waals surface area contributed by atoms with Gasteiger partial charge in [-0.3, -0.25) is 29.2 Å². The summed E-state index contributed by atoms with van der Waals surface area (Å²) in [5.74, 6) is -1.11. The molecule has 1 unspecified atom stereocenters. The van der Waals surface area contributed by atoms with E-state index in [1.165, 1.54) is 6.20 Å². The number of hydrogen-bond acceptors (Lipinski definition) is 8. The predicted octanol–water partition coefficient (Wildman–Crippen LogP) is 1.46. The highest BCUT2D eigenvalue weighted by Crippen LogP contribution is 2.34. The fourth-order valence-corrected chi connectivity index (χ4v) is 5.29. The average molecular weight is 522 g/mol. The third kappa shape index (κ3) is 4.75. The van der Waals surface area contributed by atoms with E-state index in [0.29, 0.717) is 54.4 Å². The number of aryl methyl sites for hydroxylation is 1. The number of amides is 4. The smallest absolute Gasteiger partial charge is 0.329 e. The molecule has 2 aliphatic heterocycles. The Balaban J connectivity index is 1.22. The van der Waals surface area contributed by atoms with Crippen LogP contribution in [0, 0.1) is 6.57 Å². The molecular weight excluding hydrogens is 498 g/mol. The summed E-state index contributed by atoms with van der Waals surface area (Å²) in [6, 6.07) is 5.37. The van der Waals surface area contributed by atoms with Crippen LogP contribution in [-0.2, 0) is 21.4 Å². The van der Waals surface area contributed by atoms with Gasteiger partial charge in [0, 0.05) is 45.0 Å². The van der Waals surface area contributed by atoms with Crippen molar-refractivity contribution in [3.8, 4) is 5.75 Å². The zero-order valence-corrected chi connectivity index (χ0v) is 20.8. The minimum atomic E-state index is -0.532. The van der Waals surface area contributed by atoms with E-state index in [1.54, 1.807) is 33.7 Å². The number of fused-ring (bicyclic) bond motifs is 1. The molecule has 12 nitrogen and oxygen atoms in total. The lowest BCUT2D eigenvalue weighted by molar-refractivity contribution is -0.135. The van der Waals surface area contributed by atoms with Crippen molar-refractivity contribution in [3.63, 3.8) is 0 Å². The summed E-state index contributed by atoms with van der Waals surface area (Å²) in [4.78, 5) is 60.3. The number of benzene rings is 1. The lowest BCUT2D eigenvalue weighted by Gasteiger charge is -2.34. The summed E-state index contributed by atoms with van der Waals surface area (Å²) in [5.41, 5.74) is 1.23. The summed E-state index contributed by atoms with van der Waals surface area (Å²) < 4.78 is 7.52. The molecule has 0 aliphatic carbocycles. The number of carbonyl (C=O) groups is 4. The van der Waals surface area contributed by atoms with Crippen molar-refractivity contribution >= 4 is 51.0 Å². The van der Waals surface area contributed by atoms with E-state index >= 15 is 0 Å². The molecule has 4 heterocycles. The molecule has 3 aromatic rings. The van der Waals surface area contributed by atoms with Gasteiger partial charge in [0.15, 0.2) is 6.61 Å². The van der Waals surface area contributed by atoms with E-state index in [0.717, 1.165) is 16.7 Å². The fourth-order valence-electron chi connectivity index (χ4n) is 4.62. The van der Waals surface area contributed by atoms with Crippen molar-refractivity contribution in [2.45, 2.75) is 18.8 Å². The van der Waals surface area contributed by atoms with Crippen molar-refractivity contribution < 1.29 is 23.9 Å². The second kappa shape index (κ2) is 9.98. The topological polar surface area (TPSA) is 131 Å². The van der Waals surface area contributed by atoms with E-state index < -0.39 is 5.92 Å². The number of hydrogen-bond donors (Lipinski definition) is 1. The van der Waals surface area contributed by atoms with Crippen LogP contribution in [0.1, 0.15) is 34.1 Å². The second-order valence-electron chi connectivity index (χ2n) is 8.75. The summed E-state index contributed by atoms with van der Waals surface area (Å²) in [7, 11) is 1.74. The summed E-state index contributed by atoms with van der Waals surface area (Å²) >= 11 is 1.06. The maximum Gasteiger partial charge on any atom is 0.329 e. The van der Waals surface area contributed by atoms with Crippen LogP contribution in [0.15, 0.2) is 24.4 Å². The lowest BCUT2D eigenvalue weighted by Crippen LogP contribution is -2.51. The highest BCUT2D eigenvalue weighted by atomic mass is 32.1. The van der Waals surface area contributed by atoms with Gasteiger partial charge < -0.3 is 19.4 Å². The molecule has 2 aromatic heterocycles. The summed E-state index contributed by atoms with van der Waals surface area (Å²) in [6.45, 7) is 8.31. The van der Waals surface area contributed by atoms with Crippen LogP contribution in [0.25, 0.3) is 15.7 Å². The average Bonchev–Trinajstić information content (AvgIpc) is 3.52. The van der Waals surface area contributed by atoms with Crippen molar-refractivity contribution in [1.82, 2.24) is 29.9 Å². The molecule has 5 rings (SSSR count). The van der Waals surface area contributed by atoms with Crippen LogP contribution in [0.4, 0.5) is 5.13 Å². The van der Waals surface area contributed by atoms with E-state index in [-0.39, 0.29) is 41.8 Å². The maximum atomic E-state index is 12.9. The Morgan fingerprint density at radius 1 is 1.22 bits per heavy atom. The number of piperazine rings is 1. The fraction of sp³-hybridized carbons (Fsp3) is 0.375. The van der Waals surface area contributed by atoms with Gasteiger partial charge in [-0.1, -0.05) is 18.7 Å². The quantitative estimate of drug-likeness (QED) is 0.397. The van der Waals surface area contributed by atoms with Gasteiger partial charge in [0.25, 0.3) is 11.8 Å². The number of para-hydroxylation sites is 1. The van der Waals surface area contributed by atoms with E-state index in [4.69, 9.17) is 11.3 Å². The van der Waals surface area contributed by atoms with Crippen molar-refractivity contribution in [3.05, 3.63) is 46.4 Å². The van der Waals surface area contributed by atoms with E-state index in [9.17, 15) is 19.2 Å². The van der Waals surface area contributed by atoms with Crippen LogP contribution in [-0.4, -0.2) is 81.0 Å². The molecule has 0 spiro atoms. The summed E-state index contributed by atoms with van der Waals surface area (Å²) in [5, 5.41) is 7.86. The number of imide groups is 1. The number of rotatable bonds is 5. The van der Waals surface area contributed by atoms with Gasteiger partial charge in [-0.05, 0) is 12.5 Å². The molecule has 0 bridgehead atoms. The first-order valence-corrected chi connectivity index (χ1v) is 12.5. The number of aromatic nitrogens is 3. The van der Waals surface area contributed by atoms with Crippen molar-refractivity contribution in [2.24, 2.45) is 7.05 Å². The maximum absolute atomic E-state index is 12.9. The van der Waals surface area contributed by atoms with Crippen LogP contribution in [0.2, 0.25) is 0 Å². The van der Waals surface area contributed by atoms with Gasteiger partial charge in [0.05, 0.1) is 11.6 Å². The highest BCUT2D eigenvalue weighted by molar-refractivity contribution is 7.17. The third-order valence-electron chi connectivity index (χ3n) is 6.50. The molecule has 1 aromatic carbocycles. The third-order valence-corrected chi connectivity index (χ3v) is 7.38. The first kappa shape index (κ1) is 24.4. The van der Waals surface area contributed by atoms with Gasteiger partial charge in [-0.2, -0.15) is 5.10 Å². The van der Waals surface area contributed by atoms with Gasteiger partial charge in [-0.25, -0.2) is 0 Å². The van der Waals surface area contributed by atoms with Gasteiger partial charge in [-0.15, -0.1) is 16.3 Å². The molecule has 1 N–H and O–H groups in total. The van der Waals surface area contributed by atoms with Crippen molar-refractivity contribution in [1.29, 1.82) is 0 Å². The molecule has 13 heteroatoms. The number of ether oxygens (including phenoxy) is 1. The van der Waals surface area contributed by atoms with E-state index in [1.807, 2.05) is 6.07 Å².